The second-order valence-corrected chi connectivity index (χ2v) is 5.95. The Morgan fingerprint density at radius 3 is 2.81 bits per heavy atom. The maximum atomic E-state index is 6.25. The standard InChI is InChI=1S/C17H11ClN2S/c18-15-10-16(17-19-21-8-7-20(17)11-15)14-6-5-12-3-1-2-4-13(12)9-14/h1-11H. The van der Waals surface area contributed by atoms with Gasteiger partial charge in [0.1, 0.15) is 0 Å². The molecular formula is C17H11ClN2S. The van der Waals surface area contributed by atoms with E-state index in [0.29, 0.717) is 5.03 Å². The van der Waals surface area contributed by atoms with Crippen molar-refractivity contribution >= 4 is 45.7 Å². The number of halogens is 1. The van der Waals surface area contributed by atoms with Crippen molar-refractivity contribution in [3.63, 3.8) is 0 Å². The number of nitrogens with zero attached hydrogens (tertiary/aromatic N) is 2. The van der Waals surface area contributed by atoms with Crippen LogP contribution in [0.4, 0.5) is 0 Å². The van der Waals surface area contributed by atoms with Gasteiger partial charge in [-0.1, -0.05) is 48.0 Å². The van der Waals surface area contributed by atoms with Gasteiger partial charge in [-0.15, -0.1) is 0 Å². The van der Waals surface area contributed by atoms with Crippen LogP contribution >= 0.6 is 23.5 Å². The molecule has 0 saturated carbocycles. The van der Waals surface area contributed by atoms with Gasteiger partial charge in [-0.3, -0.25) is 0 Å². The number of benzene rings is 2. The molecule has 2 heterocycles. The minimum absolute atomic E-state index is 0.702. The van der Waals surface area contributed by atoms with Crippen molar-refractivity contribution in [2.75, 3.05) is 0 Å². The van der Waals surface area contributed by atoms with Crippen molar-refractivity contribution in [3.05, 3.63) is 76.9 Å². The molecule has 4 heteroatoms. The molecule has 0 aliphatic carbocycles. The van der Waals surface area contributed by atoms with E-state index in [1.165, 1.54) is 22.7 Å². The first-order valence-electron chi connectivity index (χ1n) is 6.59. The Morgan fingerprint density at radius 2 is 1.90 bits per heavy atom. The van der Waals surface area contributed by atoms with Gasteiger partial charge >= 0.3 is 0 Å². The molecule has 102 valence electrons. The van der Waals surface area contributed by atoms with Crippen LogP contribution < -0.4 is 0 Å². The van der Waals surface area contributed by atoms with E-state index in [-0.39, 0.29) is 0 Å². The molecule has 0 spiro atoms. The fraction of sp³-hybridized carbons (Fsp3) is 0. The van der Waals surface area contributed by atoms with Crippen molar-refractivity contribution in [2.24, 2.45) is 4.40 Å². The van der Waals surface area contributed by atoms with E-state index in [2.05, 4.69) is 46.9 Å². The predicted molar refractivity (Wildman–Crippen MR) is 91.9 cm³/mol. The van der Waals surface area contributed by atoms with Crippen LogP contribution in [0.25, 0.3) is 16.3 Å². The van der Waals surface area contributed by atoms with E-state index in [1.807, 2.05) is 28.8 Å². The summed E-state index contributed by atoms with van der Waals surface area (Å²) in [5, 5.41) is 5.09. The highest BCUT2D eigenvalue weighted by Gasteiger charge is 2.21. The Hall–Kier alpha value is -1.97. The zero-order valence-electron chi connectivity index (χ0n) is 11.0. The summed E-state index contributed by atoms with van der Waals surface area (Å²) in [5.41, 5.74) is 2.17. The van der Waals surface area contributed by atoms with Gasteiger partial charge in [-0.2, -0.15) is 4.40 Å². The molecule has 0 aromatic heterocycles. The highest BCUT2D eigenvalue weighted by atomic mass is 35.5. The second kappa shape index (κ2) is 5.10. The molecule has 2 aromatic rings. The largest absolute Gasteiger partial charge is 0.306 e. The average Bonchev–Trinajstić information content (AvgIpc) is 2.53. The number of hydrogen-bond donors (Lipinski definition) is 0. The van der Waals surface area contributed by atoms with Crippen molar-refractivity contribution in [2.45, 2.75) is 0 Å². The number of rotatable bonds is 1. The van der Waals surface area contributed by atoms with Crippen molar-refractivity contribution in [1.29, 1.82) is 0 Å². The minimum atomic E-state index is 0.702. The van der Waals surface area contributed by atoms with Crippen LogP contribution in [-0.2, 0) is 0 Å². The van der Waals surface area contributed by atoms with Gasteiger partial charge in [-0.25, -0.2) is 0 Å². The lowest BCUT2D eigenvalue weighted by atomic mass is 9.98. The summed E-state index contributed by atoms with van der Waals surface area (Å²) in [7, 11) is 0. The third kappa shape index (κ3) is 2.28. The van der Waals surface area contributed by atoms with Crippen molar-refractivity contribution in [3.8, 4) is 0 Å². The smallest absolute Gasteiger partial charge is 0.153 e. The first-order chi connectivity index (χ1) is 10.3. The molecule has 0 saturated heterocycles. The summed E-state index contributed by atoms with van der Waals surface area (Å²) in [4.78, 5) is 1.96. The van der Waals surface area contributed by atoms with Crippen molar-refractivity contribution in [1.82, 2.24) is 4.90 Å². The van der Waals surface area contributed by atoms with Crippen molar-refractivity contribution < 1.29 is 0 Å². The monoisotopic (exact) mass is 310 g/mol. The van der Waals surface area contributed by atoms with Gasteiger partial charge in [-0.05, 0) is 28.5 Å². The van der Waals surface area contributed by atoms with Crippen LogP contribution in [0.5, 0.6) is 0 Å². The van der Waals surface area contributed by atoms with Crippen LogP contribution in [0.1, 0.15) is 5.56 Å². The van der Waals surface area contributed by atoms with Crippen LogP contribution in [0, 0.1) is 0 Å². The predicted octanol–water partition coefficient (Wildman–Crippen LogP) is 5.15. The van der Waals surface area contributed by atoms with E-state index >= 15 is 0 Å². The quantitative estimate of drug-likeness (QED) is 0.677. The Morgan fingerprint density at radius 1 is 1.05 bits per heavy atom. The number of fused-ring (bicyclic) bond motifs is 2. The second-order valence-electron chi connectivity index (χ2n) is 4.85. The minimum Gasteiger partial charge on any atom is -0.306 e. The normalized spacial score (nSPS) is 17.2. The topological polar surface area (TPSA) is 15.6 Å². The molecule has 21 heavy (non-hydrogen) atoms. The fourth-order valence-electron chi connectivity index (χ4n) is 2.53. The molecule has 0 unspecified atom stereocenters. The lowest BCUT2D eigenvalue weighted by Gasteiger charge is -2.26. The molecule has 2 aliphatic heterocycles. The summed E-state index contributed by atoms with van der Waals surface area (Å²) in [6, 6.07) is 14.8. The van der Waals surface area contributed by atoms with Gasteiger partial charge in [0, 0.05) is 35.3 Å². The molecule has 2 aliphatic rings. The molecule has 2 aromatic carbocycles. The van der Waals surface area contributed by atoms with Crippen LogP contribution in [0.2, 0.25) is 0 Å². The molecule has 4 rings (SSSR count). The van der Waals surface area contributed by atoms with Gasteiger partial charge in [0.15, 0.2) is 5.84 Å². The SMILES string of the molecule is ClC1=CN2C=CSN=C2C(c2ccc3ccccc3c2)=C1. The molecule has 0 fully saturated rings. The maximum absolute atomic E-state index is 6.25. The van der Waals surface area contributed by atoms with E-state index in [4.69, 9.17) is 11.6 Å². The molecule has 0 bridgehead atoms. The molecular weight excluding hydrogens is 300 g/mol. The van der Waals surface area contributed by atoms with Gasteiger partial charge in [0.05, 0.1) is 5.03 Å². The Kier molecular flexibility index (Phi) is 3.09. The summed E-state index contributed by atoms with van der Waals surface area (Å²) < 4.78 is 4.52. The summed E-state index contributed by atoms with van der Waals surface area (Å²) in [5.74, 6) is 0.919. The van der Waals surface area contributed by atoms with E-state index in [1.54, 1.807) is 0 Å². The van der Waals surface area contributed by atoms with E-state index in [9.17, 15) is 0 Å². The Balaban J connectivity index is 1.86. The first-order valence-corrected chi connectivity index (χ1v) is 7.80. The summed E-state index contributed by atoms with van der Waals surface area (Å²) in [6.07, 6.45) is 5.82. The fourth-order valence-corrected chi connectivity index (χ4v) is 3.28. The third-order valence-electron chi connectivity index (χ3n) is 3.51. The average molecular weight is 311 g/mol. The molecule has 0 radical (unpaired) electrons. The molecule has 2 nitrogen and oxygen atoms in total. The third-order valence-corrected chi connectivity index (χ3v) is 4.24. The Labute approximate surface area is 132 Å². The number of hydrogen-bond acceptors (Lipinski definition) is 3. The molecule has 0 N–H and O–H groups in total. The van der Waals surface area contributed by atoms with E-state index in [0.717, 1.165) is 17.0 Å². The first kappa shape index (κ1) is 12.7. The Bertz CT molecular complexity index is 849. The van der Waals surface area contributed by atoms with Crippen LogP contribution in [-0.4, -0.2) is 10.7 Å². The lowest BCUT2D eigenvalue weighted by Crippen LogP contribution is -2.25. The molecule has 0 amide bonds. The zero-order valence-corrected chi connectivity index (χ0v) is 12.6. The lowest BCUT2D eigenvalue weighted by molar-refractivity contribution is 0.762. The summed E-state index contributed by atoms with van der Waals surface area (Å²) in [6.45, 7) is 0. The highest BCUT2D eigenvalue weighted by Crippen LogP contribution is 2.32. The number of allylic oxidation sites excluding steroid dienone is 2. The highest BCUT2D eigenvalue weighted by molar-refractivity contribution is 8.01. The number of amidine groups is 1. The van der Waals surface area contributed by atoms with Crippen LogP contribution in [0.15, 0.2) is 75.8 Å². The van der Waals surface area contributed by atoms with Crippen LogP contribution in [0.3, 0.4) is 0 Å². The zero-order chi connectivity index (χ0) is 14.2. The van der Waals surface area contributed by atoms with E-state index < -0.39 is 0 Å². The van der Waals surface area contributed by atoms with Gasteiger partial charge in [0.2, 0.25) is 0 Å². The maximum Gasteiger partial charge on any atom is 0.153 e. The van der Waals surface area contributed by atoms with Gasteiger partial charge < -0.3 is 4.90 Å². The summed E-state index contributed by atoms with van der Waals surface area (Å²) >= 11 is 7.68. The molecule has 0 atom stereocenters. The van der Waals surface area contributed by atoms with Gasteiger partial charge in [0.25, 0.3) is 0 Å².